The minimum absolute atomic E-state index is 0.0458. The number of amides is 1. The third-order valence-corrected chi connectivity index (χ3v) is 2.65. The number of benzene rings is 1. The molecule has 0 saturated heterocycles. The molecule has 0 radical (unpaired) electrons. The summed E-state index contributed by atoms with van der Waals surface area (Å²) >= 11 is 5.68. The minimum atomic E-state index is -0.585. The van der Waals surface area contributed by atoms with Crippen LogP contribution in [0.1, 0.15) is 20.3 Å². The monoisotopic (exact) mass is 285 g/mol. The van der Waals surface area contributed by atoms with Gasteiger partial charge in [-0.1, -0.05) is 25.4 Å². The Kier molecular flexibility index (Phi) is 5.72. The Labute approximate surface area is 116 Å². The smallest absolute Gasteiger partial charge is 0.289 e. The number of carbonyl (C=O) groups excluding carboxylic acids is 1. The average Bonchev–Trinajstić information content (AvgIpc) is 2.30. The molecule has 0 aliphatic rings. The molecular formula is C12H16ClN3O3. The summed E-state index contributed by atoms with van der Waals surface area (Å²) in [6.07, 6.45) is 0.300. The van der Waals surface area contributed by atoms with E-state index in [-0.39, 0.29) is 16.6 Å². The van der Waals surface area contributed by atoms with Gasteiger partial charge in [0.25, 0.3) is 5.69 Å². The molecule has 7 heteroatoms. The van der Waals surface area contributed by atoms with Crippen molar-refractivity contribution < 1.29 is 9.72 Å². The van der Waals surface area contributed by atoms with Crippen LogP contribution in [0.25, 0.3) is 0 Å². The van der Waals surface area contributed by atoms with Gasteiger partial charge in [0.1, 0.15) is 5.02 Å². The van der Waals surface area contributed by atoms with E-state index in [0.717, 1.165) is 0 Å². The van der Waals surface area contributed by atoms with Crippen LogP contribution < -0.4 is 10.6 Å². The average molecular weight is 286 g/mol. The second-order valence-corrected chi connectivity index (χ2v) is 4.74. The minimum Gasteiger partial charge on any atom is -0.326 e. The predicted octanol–water partition coefficient (Wildman–Crippen LogP) is 2.57. The largest absolute Gasteiger partial charge is 0.326 e. The maximum Gasteiger partial charge on any atom is 0.289 e. The summed E-state index contributed by atoms with van der Waals surface area (Å²) in [6.45, 7) is 4.53. The first-order valence-corrected chi connectivity index (χ1v) is 6.25. The number of hydrogen-bond acceptors (Lipinski definition) is 4. The first-order chi connectivity index (χ1) is 8.90. The Hall–Kier alpha value is -1.66. The van der Waals surface area contributed by atoms with Gasteiger partial charge in [-0.05, 0) is 12.1 Å². The van der Waals surface area contributed by atoms with Gasteiger partial charge in [-0.3, -0.25) is 14.9 Å². The molecular weight excluding hydrogens is 270 g/mol. The molecule has 1 aromatic carbocycles. The number of nitrogens with one attached hydrogen (secondary N) is 2. The summed E-state index contributed by atoms with van der Waals surface area (Å²) in [5.41, 5.74) is 0.144. The summed E-state index contributed by atoms with van der Waals surface area (Å²) < 4.78 is 0. The molecule has 0 aromatic heterocycles. The molecule has 0 atom stereocenters. The molecule has 104 valence electrons. The van der Waals surface area contributed by atoms with Gasteiger partial charge < -0.3 is 10.6 Å². The zero-order valence-corrected chi connectivity index (χ0v) is 11.5. The maximum atomic E-state index is 11.6. The standard InChI is InChI=1S/C12H16ClN3O3/c1-8(2)14-6-5-12(17)15-9-3-4-10(13)11(7-9)16(18)19/h3-4,7-8,14H,5-6H2,1-2H3,(H,15,17). The quantitative estimate of drug-likeness (QED) is 0.621. The van der Waals surface area contributed by atoms with Crippen LogP contribution in [-0.2, 0) is 4.79 Å². The van der Waals surface area contributed by atoms with E-state index in [0.29, 0.717) is 24.7 Å². The predicted molar refractivity (Wildman–Crippen MR) is 74.5 cm³/mol. The van der Waals surface area contributed by atoms with Gasteiger partial charge in [0.2, 0.25) is 5.91 Å². The molecule has 1 aromatic rings. The summed E-state index contributed by atoms with van der Waals surface area (Å²) in [7, 11) is 0. The molecule has 0 fully saturated rings. The lowest BCUT2D eigenvalue weighted by Crippen LogP contribution is -2.27. The number of nitro groups is 1. The molecule has 6 nitrogen and oxygen atoms in total. The number of rotatable bonds is 6. The Morgan fingerprint density at radius 1 is 1.47 bits per heavy atom. The van der Waals surface area contributed by atoms with E-state index in [4.69, 9.17) is 11.6 Å². The van der Waals surface area contributed by atoms with Crippen molar-refractivity contribution in [3.8, 4) is 0 Å². The lowest BCUT2D eigenvalue weighted by molar-refractivity contribution is -0.384. The second-order valence-electron chi connectivity index (χ2n) is 4.33. The van der Waals surface area contributed by atoms with Gasteiger partial charge >= 0.3 is 0 Å². The molecule has 2 N–H and O–H groups in total. The molecule has 0 heterocycles. The molecule has 1 rings (SSSR count). The fraction of sp³-hybridized carbons (Fsp3) is 0.417. The highest BCUT2D eigenvalue weighted by atomic mass is 35.5. The highest BCUT2D eigenvalue weighted by Crippen LogP contribution is 2.27. The Bertz CT molecular complexity index is 477. The van der Waals surface area contributed by atoms with Crippen LogP contribution in [0.5, 0.6) is 0 Å². The van der Waals surface area contributed by atoms with Crippen molar-refractivity contribution in [3.05, 3.63) is 33.3 Å². The SMILES string of the molecule is CC(C)NCCC(=O)Nc1ccc(Cl)c([N+](=O)[O-])c1. The van der Waals surface area contributed by atoms with E-state index >= 15 is 0 Å². The second kappa shape index (κ2) is 7.06. The van der Waals surface area contributed by atoms with Gasteiger partial charge in [-0.15, -0.1) is 0 Å². The van der Waals surface area contributed by atoms with Crippen molar-refractivity contribution in [3.63, 3.8) is 0 Å². The van der Waals surface area contributed by atoms with Crippen LogP contribution >= 0.6 is 11.6 Å². The van der Waals surface area contributed by atoms with Gasteiger partial charge in [-0.25, -0.2) is 0 Å². The lowest BCUT2D eigenvalue weighted by atomic mass is 10.2. The number of hydrogen-bond donors (Lipinski definition) is 2. The number of halogens is 1. The molecule has 0 aliphatic carbocycles. The fourth-order valence-electron chi connectivity index (χ4n) is 1.43. The van der Waals surface area contributed by atoms with E-state index < -0.39 is 4.92 Å². The zero-order valence-electron chi connectivity index (χ0n) is 10.8. The summed E-state index contributed by atoms with van der Waals surface area (Å²) in [4.78, 5) is 21.7. The Morgan fingerprint density at radius 3 is 2.74 bits per heavy atom. The van der Waals surface area contributed by atoms with Crippen molar-refractivity contribution in [2.45, 2.75) is 26.3 Å². The third-order valence-electron chi connectivity index (χ3n) is 2.33. The van der Waals surface area contributed by atoms with Crippen LogP contribution in [-0.4, -0.2) is 23.4 Å². The number of anilines is 1. The Balaban J connectivity index is 2.60. The number of nitrogens with zero attached hydrogens (tertiary/aromatic N) is 1. The first-order valence-electron chi connectivity index (χ1n) is 5.87. The normalized spacial score (nSPS) is 10.5. The van der Waals surface area contributed by atoms with Crippen molar-refractivity contribution in [2.24, 2.45) is 0 Å². The maximum absolute atomic E-state index is 11.6. The molecule has 0 bridgehead atoms. The highest BCUT2D eigenvalue weighted by Gasteiger charge is 2.13. The van der Waals surface area contributed by atoms with Crippen LogP contribution in [0.4, 0.5) is 11.4 Å². The number of nitro benzene ring substituents is 1. The van der Waals surface area contributed by atoms with Crippen LogP contribution in [0.15, 0.2) is 18.2 Å². The van der Waals surface area contributed by atoms with Crippen LogP contribution in [0, 0.1) is 10.1 Å². The zero-order chi connectivity index (χ0) is 14.4. The highest BCUT2D eigenvalue weighted by molar-refractivity contribution is 6.32. The van der Waals surface area contributed by atoms with Crippen molar-refractivity contribution in [2.75, 3.05) is 11.9 Å². The van der Waals surface area contributed by atoms with E-state index in [1.807, 2.05) is 13.8 Å². The topological polar surface area (TPSA) is 84.3 Å². The van der Waals surface area contributed by atoms with Crippen LogP contribution in [0.3, 0.4) is 0 Å². The van der Waals surface area contributed by atoms with E-state index in [1.54, 1.807) is 0 Å². The first kappa shape index (κ1) is 15.4. The van der Waals surface area contributed by atoms with Crippen molar-refractivity contribution in [1.82, 2.24) is 5.32 Å². The molecule has 1 amide bonds. The van der Waals surface area contributed by atoms with Gasteiger partial charge in [-0.2, -0.15) is 0 Å². The summed E-state index contributed by atoms with van der Waals surface area (Å²) in [5, 5.41) is 16.5. The molecule has 19 heavy (non-hydrogen) atoms. The molecule has 0 unspecified atom stereocenters. The van der Waals surface area contributed by atoms with Gasteiger partial charge in [0, 0.05) is 30.8 Å². The number of carbonyl (C=O) groups is 1. The molecule has 0 aliphatic heterocycles. The van der Waals surface area contributed by atoms with Crippen molar-refractivity contribution >= 4 is 28.9 Å². The van der Waals surface area contributed by atoms with Crippen LogP contribution in [0.2, 0.25) is 5.02 Å². The fourth-order valence-corrected chi connectivity index (χ4v) is 1.61. The third kappa shape index (κ3) is 5.23. The van der Waals surface area contributed by atoms with E-state index in [9.17, 15) is 14.9 Å². The van der Waals surface area contributed by atoms with Crippen molar-refractivity contribution in [1.29, 1.82) is 0 Å². The van der Waals surface area contributed by atoms with E-state index in [1.165, 1.54) is 18.2 Å². The summed E-state index contributed by atoms with van der Waals surface area (Å²) in [6, 6.07) is 4.48. The lowest BCUT2D eigenvalue weighted by Gasteiger charge is -2.08. The van der Waals surface area contributed by atoms with E-state index in [2.05, 4.69) is 10.6 Å². The van der Waals surface area contributed by atoms with Gasteiger partial charge in [0.15, 0.2) is 0 Å². The Morgan fingerprint density at radius 2 is 2.16 bits per heavy atom. The molecule has 0 spiro atoms. The molecule has 0 saturated carbocycles. The summed E-state index contributed by atoms with van der Waals surface area (Å²) in [5.74, 6) is -0.204. The van der Waals surface area contributed by atoms with Gasteiger partial charge in [0.05, 0.1) is 4.92 Å².